The number of hydrogen-bond acceptors (Lipinski definition) is 2. The number of benzene rings is 13. The molecular formula is C80H49N7. The largest absolute Gasteiger partial charge is 0.309 e. The zero-order valence-electron chi connectivity index (χ0n) is 46.9. The van der Waals surface area contributed by atoms with E-state index in [1.165, 1.54) is 87.3 Å². The van der Waals surface area contributed by atoms with Gasteiger partial charge in [0.2, 0.25) is 0 Å². The van der Waals surface area contributed by atoms with E-state index >= 15 is 0 Å². The molecule has 19 rings (SSSR count). The second-order valence-electron chi connectivity index (χ2n) is 22.9. The van der Waals surface area contributed by atoms with Gasteiger partial charge in [-0.2, -0.15) is 0 Å². The Morgan fingerprint density at radius 3 is 0.931 bits per heavy atom. The maximum absolute atomic E-state index is 5.64. The molecule has 0 N–H and O–H groups in total. The van der Waals surface area contributed by atoms with E-state index in [1.54, 1.807) is 0 Å². The first-order valence-electron chi connectivity index (χ1n) is 29.7. The lowest BCUT2D eigenvalue weighted by atomic mass is 10.0. The summed E-state index contributed by atoms with van der Waals surface area (Å²) >= 11 is 0. The molecular weight excluding hydrogens is 1060 g/mol. The van der Waals surface area contributed by atoms with Crippen molar-refractivity contribution in [3.63, 3.8) is 0 Å². The Bertz CT molecular complexity index is 5790. The van der Waals surface area contributed by atoms with Gasteiger partial charge in [0.1, 0.15) is 5.82 Å². The summed E-state index contributed by atoms with van der Waals surface area (Å²) in [6.07, 6.45) is 0. The van der Waals surface area contributed by atoms with Crippen molar-refractivity contribution in [2.75, 3.05) is 0 Å². The number of aromatic nitrogens is 7. The minimum atomic E-state index is 0.657. The molecule has 6 aromatic heterocycles. The molecule has 6 heterocycles. The van der Waals surface area contributed by atoms with E-state index in [-0.39, 0.29) is 0 Å². The maximum atomic E-state index is 5.64. The van der Waals surface area contributed by atoms with Gasteiger partial charge in [-0.1, -0.05) is 152 Å². The van der Waals surface area contributed by atoms with Crippen LogP contribution in [-0.2, 0) is 0 Å². The minimum Gasteiger partial charge on any atom is -0.309 e. The van der Waals surface area contributed by atoms with Gasteiger partial charge in [-0.15, -0.1) is 0 Å². The van der Waals surface area contributed by atoms with E-state index in [4.69, 9.17) is 9.97 Å². The number of hydrogen-bond donors (Lipinski definition) is 0. The molecule has 87 heavy (non-hydrogen) atoms. The normalized spacial score (nSPS) is 12.1. The standard InChI is InChI=1S/C80H49N7/c1-2-18-53(19-3-1)83-73-32-16-9-24-61(73)64-46-51(36-42-75(64)83)52-37-43-76-65(47-52)62-25-10-17-33-74(62)84(76)54-38-34-50(35-39-54)79-81-68-27-11-4-26-63(68)80(82-79)87-77-44-40-55(85-69-28-12-5-20-57(69)58-21-6-13-29-70(58)85)48-66(77)67-49-56(41-45-78(67)87)86-71-30-14-7-22-59(71)60-23-8-15-31-72(60)86/h1-49H. The van der Waals surface area contributed by atoms with Crippen LogP contribution in [0.2, 0.25) is 0 Å². The third-order valence-corrected chi connectivity index (χ3v) is 18.3. The van der Waals surface area contributed by atoms with Crippen molar-refractivity contribution in [2.45, 2.75) is 0 Å². The summed E-state index contributed by atoms with van der Waals surface area (Å²) in [7, 11) is 0. The maximum Gasteiger partial charge on any atom is 0.162 e. The molecule has 0 aliphatic rings. The summed E-state index contributed by atoms with van der Waals surface area (Å²) < 4.78 is 12.0. The van der Waals surface area contributed by atoms with Gasteiger partial charge >= 0.3 is 0 Å². The monoisotopic (exact) mass is 1110 g/mol. The molecule has 0 bridgehead atoms. The van der Waals surface area contributed by atoms with Crippen LogP contribution in [0.25, 0.3) is 171 Å². The van der Waals surface area contributed by atoms with Crippen LogP contribution in [0.4, 0.5) is 0 Å². The third-order valence-electron chi connectivity index (χ3n) is 18.3. The SMILES string of the molecule is c1ccc(-n2c3ccccc3c3cc(-c4ccc5c(c4)c4ccccc4n5-c4ccc(-c5nc(-n6c7ccc(-n8c9ccccc9c9ccccc98)cc7c7cc(-n8c9ccccc9c9ccccc98)ccc76)c6ccccc6n5)cc4)ccc32)cc1. The van der Waals surface area contributed by atoms with E-state index in [0.717, 1.165) is 77.9 Å². The fourth-order valence-corrected chi connectivity index (χ4v) is 14.5. The zero-order valence-corrected chi connectivity index (χ0v) is 46.9. The molecule has 0 atom stereocenters. The van der Waals surface area contributed by atoms with Crippen molar-refractivity contribution in [1.82, 2.24) is 32.8 Å². The minimum absolute atomic E-state index is 0.657. The smallest absolute Gasteiger partial charge is 0.162 e. The highest BCUT2D eigenvalue weighted by Gasteiger charge is 2.23. The molecule has 7 nitrogen and oxygen atoms in total. The van der Waals surface area contributed by atoms with E-state index in [0.29, 0.717) is 5.82 Å². The average Bonchev–Trinajstić information content (AvgIpc) is 2.98. The zero-order chi connectivity index (χ0) is 56.8. The summed E-state index contributed by atoms with van der Waals surface area (Å²) in [4.78, 5) is 11.0. The van der Waals surface area contributed by atoms with Gasteiger partial charge in [0.05, 0.1) is 60.7 Å². The molecule has 0 saturated carbocycles. The van der Waals surface area contributed by atoms with Crippen LogP contribution in [-0.4, -0.2) is 32.8 Å². The summed E-state index contributed by atoms with van der Waals surface area (Å²) in [5, 5.41) is 13.1. The fraction of sp³-hybridized carbons (Fsp3) is 0. The van der Waals surface area contributed by atoms with Crippen LogP contribution < -0.4 is 0 Å². The van der Waals surface area contributed by atoms with Crippen molar-refractivity contribution in [1.29, 1.82) is 0 Å². The van der Waals surface area contributed by atoms with Gasteiger partial charge in [-0.25, -0.2) is 9.97 Å². The number of rotatable bonds is 7. The van der Waals surface area contributed by atoms with Crippen molar-refractivity contribution >= 4 is 120 Å². The first-order valence-corrected chi connectivity index (χ1v) is 29.7. The molecule has 404 valence electrons. The van der Waals surface area contributed by atoms with Crippen molar-refractivity contribution in [3.8, 4) is 51.1 Å². The lowest BCUT2D eigenvalue weighted by Gasteiger charge is -2.14. The van der Waals surface area contributed by atoms with Crippen molar-refractivity contribution in [3.05, 3.63) is 297 Å². The van der Waals surface area contributed by atoms with Crippen LogP contribution >= 0.6 is 0 Å². The molecule has 0 aliphatic heterocycles. The van der Waals surface area contributed by atoms with Crippen molar-refractivity contribution in [2.24, 2.45) is 0 Å². The first kappa shape index (κ1) is 47.7. The average molecular weight is 1110 g/mol. The molecule has 0 unspecified atom stereocenters. The van der Waals surface area contributed by atoms with Crippen LogP contribution in [0.3, 0.4) is 0 Å². The molecule has 0 aliphatic carbocycles. The van der Waals surface area contributed by atoms with Crippen LogP contribution in [0.5, 0.6) is 0 Å². The predicted molar refractivity (Wildman–Crippen MR) is 362 cm³/mol. The predicted octanol–water partition coefficient (Wildman–Crippen LogP) is 20.4. The fourth-order valence-electron chi connectivity index (χ4n) is 14.5. The third kappa shape index (κ3) is 6.99. The lowest BCUT2D eigenvalue weighted by Crippen LogP contribution is -2.03. The molecule has 0 saturated heterocycles. The number of fused-ring (bicyclic) bond motifs is 16. The molecule has 7 heteroatoms. The summed E-state index contributed by atoms with van der Waals surface area (Å²) in [5.74, 6) is 1.48. The Hall–Kier alpha value is -11.8. The number of para-hydroxylation sites is 8. The highest BCUT2D eigenvalue weighted by Crippen LogP contribution is 2.43. The molecule has 0 amide bonds. The van der Waals surface area contributed by atoms with Gasteiger partial charge in [-0.05, 0) is 157 Å². The van der Waals surface area contributed by atoms with Gasteiger partial charge in [0.15, 0.2) is 5.82 Å². The van der Waals surface area contributed by atoms with Crippen molar-refractivity contribution < 1.29 is 0 Å². The summed E-state index contributed by atoms with van der Waals surface area (Å²) in [6, 6.07) is 108. The second-order valence-corrected chi connectivity index (χ2v) is 22.9. The Morgan fingerprint density at radius 2 is 0.483 bits per heavy atom. The lowest BCUT2D eigenvalue weighted by molar-refractivity contribution is 1.07. The highest BCUT2D eigenvalue weighted by molar-refractivity contribution is 6.16. The Balaban J connectivity index is 0.759. The van der Waals surface area contributed by atoms with E-state index in [9.17, 15) is 0 Å². The first-order chi connectivity index (χ1) is 43.2. The molecule has 0 radical (unpaired) electrons. The molecule has 13 aromatic carbocycles. The van der Waals surface area contributed by atoms with Gasteiger partial charge < -0.3 is 18.3 Å². The Kier molecular flexibility index (Phi) is 10.1. The topological polar surface area (TPSA) is 50.4 Å². The second kappa shape index (κ2) is 18.3. The van der Waals surface area contributed by atoms with Gasteiger partial charge in [-0.3, -0.25) is 4.57 Å². The Labute approximate surface area is 498 Å². The van der Waals surface area contributed by atoms with E-state index < -0.39 is 0 Å². The van der Waals surface area contributed by atoms with Crippen LogP contribution in [0.1, 0.15) is 0 Å². The van der Waals surface area contributed by atoms with E-state index in [2.05, 4.69) is 320 Å². The summed E-state index contributed by atoms with van der Waals surface area (Å²) in [6.45, 7) is 0. The molecule has 0 fully saturated rings. The molecule has 19 aromatic rings. The van der Waals surface area contributed by atoms with Crippen LogP contribution in [0.15, 0.2) is 297 Å². The van der Waals surface area contributed by atoms with Crippen LogP contribution in [0, 0.1) is 0 Å². The number of nitrogens with zero attached hydrogens (tertiary/aromatic N) is 7. The highest BCUT2D eigenvalue weighted by atomic mass is 15.1. The quantitative estimate of drug-likeness (QED) is 0.160. The Morgan fingerprint density at radius 1 is 0.184 bits per heavy atom. The molecule has 0 spiro atoms. The summed E-state index contributed by atoms with van der Waals surface area (Å²) in [5.41, 5.74) is 20.1. The van der Waals surface area contributed by atoms with Gasteiger partial charge in [0, 0.05) is 87.6 Å². The van der Waals surface area contributed by atoms with Gasteiger partial charge in [0.25, 0.3) is 0 Å². The van der Waals surface area contributed by atoms with E-state index in [1.807, 2.05) is 0 Å².